The van der Waals surface area contributed by atoms with Gasteiger partial charge in [-0.05, 0) is 59.0 Å². The quantitative estimate of drug-likeness (QED) is 0.426. The predicted molar refractivity (Wildman–Crippen MR) is 108 cm³/mol. The normalized spacial score (nSPS) is 21.9. The SMILES string of the molecule is O=C(Oc1ccc2ccccc2c1)c1ccc2c(c1)[C@@H]1C=CC[C@@H]1[C@H](C(=O)[O-])N2. The van der Waals surface area contributed by atoms with Gasteiger partial charge in [-0.2, -0.15) is 0 Å². The van der Waals surface area contributed by atoms with Gasteiger partial charge in [0.15, 0.2) is 0 Å². The number of carboxylic acid groups (broad SMARTS) is 1. The van der Waals surface area contributed by atoms with Crippen LogP contribution in [0.3, 0.4) is 0 Å². The predicted octanol–water partition coefficient (Wildman–Crippen LogP) is 3.26. The molecule has 0 amide bonds. The average molecular weight is 384 g/mol. The molecular weight excluding hydrogens is 366 g/mol. The first kappa shape index (κ1) is 17.5. The second-order valence-electron chi connectivity index (χ2n) is 7.50. The third-order valence-corrected chi connectivity index (χ3v) is 5.78. The first-order valence-corrected chi connectivity index (χ1v) is 9.59. The number of fused-ring (bicyclic) bond motifs is 4. The number of hydrogen-bond acceptors (Lipinski definition) is 5. The molecule has 0 saturated heterocycles. The van der Waals surface area contributed by atoms with Gasteiger partial charge in [-0.15, -0.1) is 0 Å². The first-order valence-electron chi connectivity index (χ1n) is 9.59. The van der Waals surface area contributed by atoms with E-state index < -0.39 is 18.0 Å². The maximum Gasteiger partial charge on any atom is 0.343 e. The highest BCUT2D eigenvalue weighted by molar-refractivity contribution is 5.93. The molecule has 0 aromatic heterocycles. The van der Waals surface area contributed by atoms with Crippen molar-refractivity contribution in [2.75, 3.05) is 5.32 Å². The molecule has 1 N–H and O–H groups in total. The van der Waals surface area contributed by atoms with Crippen LogP contribution in [0.2, 0.25) is 0 Å². The fourth-order valence-corrected chi connectivity index (χ4v) is 4.35. The van der Waals surface area contributed by atoms with Crippen molar-refractivity contribution in [3.05, 3.63) is 83.9 Å². The molecule has 144 valence electrons. The Morgan fingerprint density at radius 3 is 2.66 bits per heavy atom. The lowest BCUT2D eigenvalue weighted by molar-refractivity contribution is -0.308. The summed E-state index contributed by atoms with van der Waals surface area (Å²) in [6.45, 7) is 0. The molecule has 0 unspecified atom stereocenters. The number of esters is 1. The second-order valence-corrected chi connectivity index (χ2v) is 7.50. The van der Waals surface area contributed by atoms with Gasteiger partial charge in [0.1, 0.15) is 5.75 Å². The van der Waals surface area contributed by atoms with Crippen molar-refractivity contribution >= 4 is 28.4 Å². The van der Waals surface area contributed by atoms with Gasteiger partial charge in [-0.25, -0.2) is 4.79 Å². The molecule has 0 saturated carbocycles. The van der Waals surface area contributed by atoms with Crippen molar-refractivity contribution in [2.24, 2.45) is 5.92 Å². The fraction of sp³-hybridized carbons (Fsp3) is 0.167. The van der Waals surface area contributed by atoms with Crippen LogP contribution >= 0.6 is 0 Å². The van der Waals surface area contributed by atoms with E-state index in [4.69, 9.17) is 4.74 Å². The lowest BCUT2D eigenvalue weighted by atomic mass is 9.79. The standard InChI is InChI=1S/C24H19NO4/c26-23(27)22-19-7-3-6-18(19)20-13-16(9-11-21(20)25-22)24(28)29-17-10-8-14-4-1-2-5-15(14)12-17/h1-6,8-13,18-19,22,25H,7H2,(H,26,27)/p-1/t18-,19+,22-/m1/s1. The zero-order valence-electron chi connectivity index (χ0n) is 15.5. The van der Waals surface area contributed by atoms with Crippen LogP contribution in [0.25, 0.3) is 10.8 Å². The minimum Gasteiger partial charge on any atom is -0.548 e. The molecule has 3 atom stereocenters. The number of carbonyl (C=O) groups is 2. The minimum atomic E-state index is -1.10. The smallest absolute Gasteiger partial charge is 0.343 e. The Morgan fingerprint density at radius 2 is 1.83 bits per heavy atom. The average Bonchev–Trinajstić information content (AvgIpc) is 3.22. The van der Waals surface area contributed by atoms with Gasteiger partial charge in [0.05, 0.1) is 17.6 Å². The Kier molecular flexibility index (Phi) is 4.09. The molecule has 5 nitrogen and oxygen atoms in total. The molecule has 1 aliphatic heterocycles. The number of hydrogen-bond donors (Lipinski definition) is 1. The largest absolute Gasteiger partial charge is 0.548 e. The van der Waals surface area contributed by atoms with E-state index in [1.165, 1.54) is 0 Å². The second kappa shape index (κ2) is 6.78. The Morgan fingerprint density at radius 1 is 1.00 bits per heavy atom. The Hall–Kier alpha value is -3.60. The molecule has 3 aromatic rings. The lowest BCUT2D eigenvalue weighted by Crippen LogP contribution is -2.48. The van der Waals surface area contributed by atoms with E-state index in [0.29, 0.717) is 23.4 Å². The molecule has 0 bridgehead atoms. The topological polar surface area (TPSA) is 78.5 Å². The van der Waals surface area contributed by atoms with Gasteiger partial charge in [0.2, 0.25) is 0 Å². The summed E-state index contributed by atoms with van der Waals surface area (Å²) in [6.07, 6.45) is 4.67. The van der Waals surface area contributed by atoms with Crippen LogP contribution in [0.5, 0.6) is 5.75 Å². The Bertz CT molecular complexity index is 1170. The van der Waals surface area contributed by atoms with E-state index >= 15 is 0 Å². The van der Waals surface area contributed by atoms with Crippen molar-refractivity contribution in [3.8, 4) is 5.75 Å². The van der Waals surface area contributed by atoms with Gasteiger partial charge in [0.25, 0.3) is 0 Å². The number of rotatable bonds is 3. The third kappa shape index (κ3) is 3.05. The summed E-state index contributed by atoms with van der Waals surface area (Å²) in [5.41, 5.74) is 2.06. The molecule has 1 aliphatic carbocycles. The summed E-state index contributed by atoms with van der Waals surface area (Å²) >= 11 is 0. The van der Waals surface area contributed by atoms with E-state index in [1.54, 1.807) is 24.3 Å². The van der Waals surface area contributed by atoms with Crippen molar-refractivity contribution in [3.63, 3.8) is 0 Å². The molecule has 1 heterocycles. The third-order valence-electron chi connectivity index (χ3n) is 5.78. The number of anilines is 1. The van der Waals surface area contributed by atoms with E-state index in [1.807, 2.05) is 48.6 Å². The summed E-state index contributed by atoms with van der Waals surface area (Å²) in [5.74, 6) is -1.22. The number of benzene rings is 3. The van der Waals surface area contributed by atoms with E-state index in [2.05, 4.69) is 5.32 Å². The van der Waals surface area contributed by atoms with Crippen LogP contribution in [-0.4, -0.2) is 18.0 Å². The fourth-order valence-electron chi connectivity index (χ4n) is 4.35. The zero-order valence-corrected chi connectivity index (χ0v) is 15.5. The molecular formula is C24H18NO4-. The lowest BCUT2D eigenvalue weighted by Gasteiger charge is -2.37. The van der Waals surface area contributed by atoms with Crippen molar-refractivity contribution < 1.29 is 19.4 Å². The van der Waals surface area contributed by atoms with E-state index in [-0.39, 0.29) is 11.8 Å². The summed E-state index contributed by atoms with van der Waals surface area (Å²) in [5, 5.41) is 16.6. The number of nitrogens with one attached hydrogen (secondary N) is 1. The van der Waals surface area contributed by atoms with E-state index in [0.717, 1.165) is 16.3 Å². The highest BCUT2D eigenvalue weighted by Crippen LogP contribution is 2.44. The van der Waals surface area contributed by atoms with Crippen LogP contribution in [0, 0.1) is 5.92 Å². The molecule has 29 heavy (non-hydrogen) atoms. The zero-order chi connectivity index (χ0) is 20.0. The van der Waals surface area contributed by atoms with Crippen LogP contribution < -0.4 is 15.2 Å². The number of carbonyl (C=O) groups excluding carboxylic acids is 2. The summed E-state index contributed by atoms with van der Waals surface area (Å²) in [6, 6.07) is 17.9. The number of carboxylic acids is 1. The number of allylic oxidation sites excluding steroid dienone is 2. The van der Waals surface area contributed by atoms with Crippen LogP contribution in [0.1, 0.15) is 28.3 Å². The minimum absolute atomic E-state index is 0.0532. The molecule has 5 rings (SSSR count). The highest BCUT2D eigenvalue weighted by Gasteiger charge is 2.38. The highest BCUT2D eigenvalue weighted by atomic mass is 16.5. The number of ether oxygens (including phenoxy) is 1. The maximum absolute atomic E-state index is 12.7. The summed E-state index contributed by atoms with van der Waals surface area (Å²) in [4.78, 5) is 24.2. The number of aliphatic carboxylic acids is 1. The van der Waals surface area contributed by atoms with Crippen molar-refractivity contribution in [1.82, 2.24) is 0 Å². The maximum atomic E-state index is 12.7. The van der Waals surface area contributed by atoms with Gasteiger partial charge >= 0.3 is 5.97 Å². The Balaban J connectivity index is 1.43. The molecule has 0 spiro atoms. The van der Waals surface area contributed by atoms with Crippen LogP contribution in [0.15, 0.2) is 72.8 Å². The first-order chi connectivity index (χ1) is 14.1. The summed E-state index contributed by atoms with van der Waals surface area (Å²) < 4.78 is 5.59. The van der Waals surface area contributed by atoms with Crippen LogP contribution in [-0.2, 0) is 4.79 Å². The summed E-state index contributed by atoms with van der Waals surface area (Å²) in [7, 11) is 0. The van der Waals surface area contributed by atoms with Crippen molar-refractivity contribution in [2.45, 2.75) is 18.4 Å². The molecule has 0 radical (unpaired) electrons. The van der Waals surface area contributed by atoms with Crippen molar-refractivity contribution in [1.29, 1.82) is 0 Å². The molecule has 0 fully saturated rings. The molecule has 3 aromatic carbocycles. The van der Waals surface area contributed by atoms with Crippen LogP contribution in [0.4, 0.5) is 5.69 Å². The monoisotopic (exact) mass is 384 g/mol. The van der Waals surface area contributed by atoms with Gasteiger partial charge in [0, 0.05) is 11.6 Å². The van der Waals surface area contributed by atoms with Gasteiger partial charge in [-0.3, -0.25) is 0 Å². The Labute approximate surface area is 167 Å². The van der Waals surface area contributed by atoms with Gasteiger partial charge < -0.3 is 20.0 Å². The molecule has 5 heteroatoms. The van der Waals surface area contributed by atoms with E-state index in [9.17, 15) is 14.7 Å². The molecule has 2 aliphatic rings. The van der Waals surface area contributed by atoms with Gasteiger partial charge in [-0.1, -0.05) is 42.5 Å².